The first-order chi connectivity index (χ1) is 8.97. The fourth-order valence-corrected chi connectivity index (χ4v) is 1.92. The Labute approximate surface area is 118 Å². The highest BCUT2D eigenvalue weighted by atomic mass is 79.9. The summed E-state index contributed by atoms with van der Waals surface area (Å²) < 4.78 is 13.3. The maximum atomic E-state index is 13.1. The van der Waals surface area contributed by atoms with Crippen molar-refractivity contribution in [2.24, 2.45) is 0 Å². The van der Waals surface area contributed by atoms with Crippen LogP contribution in [0.3, 0.4) is 0 Å². The molecule has 0 aliphatic rings. The van der Waals surface area contributed by atoms with Gasteiger partial charge in [-0.05, 0) is 52.7 Å². The van der Waals surface area contributed by atoms with E-state index in [0.29, 0.717) is 17.1 Å². The van der Waals surface area contributed by atoms with E-state index in [1.54, 1.807) is 13.0 Å². The number of benzene rings is 1. The van der Waals surface area contributed by atoms with Crippen molar-refractivity contribution >= 4 is 33.3 Å². The minimum Gasteiger partial charge on any atom is -0.397 e. The Bertz CT molecular complexity index is 646. The Balaban J connectivity index is 2.23. The van der Waals surface area contributed by atoms with E-state index in [-0.39, 0.29) is 10.4 Å². The van der Waals surface area contributed by atoms with Gasteiger partial charge in [-0.2, -0.15) is 0 Å². The van der Waals surface area contributed by atoms with Crippen molar-refractivity contribution in [1.29, 1.82) is 0 Å². The molecule has 19 heavy (non-hydrogen) atoms. The van der Waals surface area contributed by atoms with Gasteiger partial charge < -0.3 is 11.1 Å². The summed E-state index contributed by atoms with van der Waals surface area (Å²) in [5.41, 5.74) is 7.21. The fraction of sp³-hybridized carbons (Fsp3) is 0.0769. The van der Waals surface area contributed by atoms with E-state index >= 15 is 0 Å². The van der Waals surface area contributed by atoms with E-state index < -0.39 is 5.82 Å². The molecule has 0 spiro atoms. The number of nitrogens with zero attached hydrogens (tertiary/aromatic N) is 1. The van der Waals surface area contributed by atoms with Gasteiger partial charge in [0.2, 0.25) is 0 Å². The van der Waals surface area contributed by atoms with Gasteiger partial charge in [-0.15, -0.1) is 0 Å². The Hall–Kier alpha value is -1.95. The number of hydrogen-bond acceptors (Lipinski definition) is 3. The molecule has 6 heteroatoms. The third-order valence-corrected chi connectivity index (χ3v) is 3.12. The summed E-state index contributed by atoms with van der Waals surface area (Å²) in [6, 6.07) is 5.75. The molecule has 98 valence electrons. The van der Waals surface area contributed by atoms with Crippen LogP contribution < -0.4 is 11.1 Å². The van der Waals surface area contributed by atoms with Gasteiger partial charge in [0, 0.05) is 5.56 Å². The third-order valence-electron chi connectivity index (χ3n) is 2.51. The van der Waals surface area contributed by atoms with E-state index in [4.69, 9.17) is 5.73 Å². The average molecular weight is 324 g/mol. The zero-order valence-electron chi connectivity index (χ0n) is 10.1. The van der Waals surface area contributed by atoms with Crippen LogP contribution in [0.1, 0.15) is 15.9 Å². The summed E-state index contributed by atoms with van der Waals surface area (Å²) in [4.78, 5) is 16.0. The summed E-state index contributed by atoms with van der Waals surface area (Å²) >= 11 is 3.04. The van der Waals surface area contributed by atoms with Gasteiger partial charge in [-0.3, -0.25) is 4.79 Å². The largest absolute Gasteiger partial charge is 0.397 e. The molecule has 0 aliphatic heterocycles. The van der Waals surface area contributed by atoms with E-state index in [2.05, 4.69) is 26.2 Å². The molecule has 0 bridgehead atoms. The van der Waals surface area contributed by atoms with E-state index in [9.17, 15) is 9.18 Å². The van der Waals surface area contributed by atoms with E-state index in [0.717, 1.165) is 5.56 Å². The number of halogens is 2. The number of pyridine rings is 1. The van der Waals surface area contributed by atoms with Crippen LogP contribution in [0.15, 0.2) is 34.9 Å². The van der Waals surface area contributed by atoms with Crippen LogP contribution in [0.2, 0.25) is 0 Å². The van der Waals surface area contributed by atoms with Gasteiger partial charge in [0.05, 0.1) is 16.4 Å². The topological polar surface area (TPSA) is 68.0 Å². The van der Waals surface area contributed by atoms with Crippen LogP contribution in [0.25, 0.3) is 0 Å². The third kappa shape index (κ3) is 3.08. The van der Waals surface area contributed by atoms with Crippen molar-refractivity contribution < 1.29 is 9.18 Å². The van der Waals surface area contributed by atoms with Gasteiger partial charge in [0.1, 0.15) is 11.6 Å². The maximum absolute atomic E-state index is 13.1. The molecule has 1 aromatic carbocycles. The second-order valence-electron chi connectivity index (χ2n) is 4.02. The number of nitrogens with one attached hydrogen (secondary N) is 1. The second kappa shape index (κ2) is 5.36. The first-order valence-corrected chi connectivity index (χ1v) is 6.25. The number of aromatic nitrogens is 1. The molecular weight excluding hydrogens is 313 g/mol. The van der Waals surface area contributed by atoms with Gasteiger partial charge in [-0.25, -0.2) is 9.37 Å². The number of aryl methyl sites for hydroxylation is 1. The molecule has 0 saturated carbocycles. The lowest BCUT2D eigenvalue weighted by molar-refractivity contribution is 0.102. The van der Waals surface area contributed by atoms with Gasteiger partial charge in [-0.1, -0.05) is 0 Å². The number of rotatable bonds is 2. The highest BCUT2D eigenvalue weighted by molar-refractivity contribution is 9.10. The first kappa shape index (κ1) is 13.5. The smallest absolute Gasteiger partial charge is 0.256 e. The predicted molar refractivity (Wildman–Crippen MR) is 75.4 cm³/mol. The molecule has 0 atom stereocenters. The summed E-state index contributed by atoms with van der Waals surface area (Å²) in [7, 11) is 0. The first-order valence-electron chi connectivity index (χ1n) is 5.46. The molecule has 1 amide bonds. The maximum Gasteiger partial charge on any atom is 0.256 e. The number of nitrogens with two attached hydrogens (primary N) is 1. The van der Waals surface area contributed by atoms with Crippen LogP contribution in [-0.2, 0) is 0 Å². The molecule has 0 fully saturated rings. The number of carbonyl (C=O) groups excluding carboxylic acids is 1. The zero-order valence-corrected chi connectivity index (χ0v) is 11.7. The van der Waals surface area contributed by atoms with Gasteiger partial charge >= 0.3 is 0 Å². The molecule has 4 nitrogen and oxygen atoms in total. The van der Waals surface area contributed by atoms with E-state index in [1.807, 2.05) is 0 Å². The van der Waals surface area contributed by atoms with Crippen molar-refractivity contribution in [3.63, 3.8) is 0 Å². The Morgan fingerprint density at radius 1 is 1.42 bits per heavy atom. The van der Waals surface area contributed by atoms with Gasteiger partial charge in [0.15, 0.2) is 0 Å². The monoisotopic (exact) mass is 323 g/mol. The van der Waals surface area contributed by atoms with Crippen molar-refractivity contribution in [1.82, 2.24) is 4.98 Å². The van der Waals surface area contributed by atoms with Crippen LogP contribution >= 0.6 is 15.9 Å². The van der Waals surface area contributed by atoms with Crippen molar-refractivity contribution in [2.75, 3.05) is 11.1 Å². The lowest BCUT2D eigenvalue weighted by atomic mass is 10.2. The molecule has 0 unspecified atom stereocenters. The summed E-state index contributed by atoms with van der Waals surface area (Å²) in [5.74, 6) is -0.348. The van der Waals surface area contributed by atoms with Gasteiger partial charge in [0.25, 0.3) is 5.91 Å². The molecule has 2 rings (SSSR count). The van der Waals surface area contributed by atoms with Crippen molar-refractivity contribution in [3.8, 4) is 0 Å². The molecule has 0 radical (unpaired) electrons. The molecule has 1 heterocycles. The lowest BCUT2D eigenvalue weighted by Gasteiger charge is -2.08. The highest BCUT2D eigenvalue weighted by Gasteiger charge is 2.10. The molecule has 3 N–H and O–H groups in total. The Morgan fingerprint density at radius 2 is 2.16 bits per heavy atom. The molecule has 0 aliphatic carbocycles. The molecular formula is C13H11BrFN3O. The van der Waals surface area contributed by atoms with Crippen LogP contribution in [-0.4, -0.2) is 10.9 Å². The van der Waals surface area contributed by atoms with Crippen LogP contribution in [0.4, 0.5) is 15.9 Å². The quantitative estimate of drug-likeness (QED) is 0.892. The Kier molecular flexibility index (Phi) is 3.80. The second-order valence-corrected chi connectivity index (χ2v) is 4.87. The van der Waals surface area contributed by atoms with Crippen molar-refractivity contribution in [2.45, 2.75) is 6.92 Å². The standard InChI is InChI=1S/C13H11BrFN3O/c1-7-4-9(16)6-17-12(7)18-13(19)8-2-3-11(15)10(14)5-8/h2-6H,16H2,1H3,(H,17,18,19). The minimum absolute atomic E-state index is 0.238. The molecule has 2 aromatic rings. The molecule has 1 aromatic heterocycles. The summed E-state index contributed by atoms with van der Waals surface area (Å²) in [6.07, 6.45) is 1.46. The molecule has 0 saturated heterocycles. The summed E-state index contributed by atoms with van der Waals surface area (Å²) in [5, 5.41) is 2.65. The fourth-order valence-electron chi connectivity index (χ4n) is 1.54. The predicted octanol–water partition coefficient (Wildman–Crippen LogP) is 3.13. The SMILES string of the molecule is Cc1cc(N)cnc1NC(=O)c1ccc(F)c(Br)c1. The van der Waals surface area contributed by atoms with Crippen molar-refractivity contribution in [3.05, 3.63) is 51.9 Å². The highest BCUT2D eigenvalue weighted by Crippen LogP contribution is 2.19. The number of carbonyl (C=O) groups is 1. The lowest BCUT2D eigenvalue weighted by Crippen LogP contribution is -2.14. The number of anilines is 2. The van der Waals surface area contributed by atoms with Crippen LogP contribution in [0, 0.1) is 12.7 Å². The zero-order chi connectivity index (χ0) is 14.0. The van der Waals surface area contributed by atoms with E-state index in [1.165, 1.54) is 24.4 Å². The average Bonchev–Trinajstić information content (AvgIpc) is 2.36. The number of hydrogen-bond donors (Lipinski definition) is 2. The summed E-state index contributed by atoms with van der Waals surface area (Å²) in [6.45, 7) is 1.79. The number of amides is 1. The Morgan fingerprint density at radius 3 is 2.79 bits per heavy atom. The minimum atomic E-state index is -0.418. The normalized spacial score (nSPS) is 10.3. The number of nitrogen functional groups attached to an aromatic ring is 1. The van der Waals surface area contributed by atoms with Crippen LogP contribution in [0.5, 0.6) is 0 Å².